The van der Waals surface area contributed by atoms with Crippen molar-refractivity contribution in [3.8, 4) is 0 Å². The van der Waals surface area contributed by atoms with Crippen LogP contribution in [-0.4, -0.2) is 17.2 Å². The normalized spacial score (nSPS) is 26.1. The maximum Gasteiger partial charge on any atom is 0.246 e. The van der Waals surface area contributed by atoms with E-state index >= 15 is 0 Å². The first-order chi connectivity index (χ1) is 13.3. The Labute approximate surface area is 165 Å². The van der Waals surface area contributed by atoms with Crippen LogP contribution in [0.5, 0.6) is 0 Å². The Balaban J connectivity index is 1.44. The van der Waals surface area contributed by atoms with Crippen LogP contribution >= 0.6 is 0 Å². The smallest absolute Gasteiger partial charge is 0.246 e. The van der Waals surface area contributed by atoms with Gasteiger partial charge in [-0.1, -0.05) is 83.4 Å². The molecule has 2 heterocycles. The highest BCUT2D eigenvalue weighted by atomic mass is 16.4. The van der Waals surface area contributed by atoms with Crippen LogP contribution in [0.15, 0.2) is 16.5 Å². The van der Waals surface area contributed by atoms with E-state index in [0.29, 0.717) is 11.7 Å². The molecule has 4 heteroatoms. The van der Waals surface area contributed by atoms with Gasteiger partial charge in [0.05, 0.1) is 0 Å². The topological polar surface area (TPSA) is 38.9 Å². The molecule has 0 aliphatic heterocycles. The van der Waals surface area contributed by atoms with Crippen LogP contribution in [0, 0.1) is 5.92 Å². The van der Waals surface area contributed by atoms with E-state index in [2.05, 4.69) is 26.3 Å². The van der Waals surface area contributed by atoms with Crippen LogP contribution < -0.4 is 5.79 Å². The molecule has 2 aliphatic rings. The third-order valence-corrected chi connectivity index (χ3v) is 6.74. The highest BCUT2D eigenvalue weighted by molar-refractivity contribution is 6.52. The van der Waals surface area contributed by atoms with Crippen molar-refractivity contribution < 1.29 is 4.42 Å². The predicted molar refractivity (Wildman–Crippen MR) is 113 cm³/mol. The molecule has 1 radical (unpaired) electrons. The van der Waals surface area contributed by atoms with Gasteiger partial charge < -0.3 is 4.42 Å². The lowest BCUT2D eigenvalue weighted by molar-refractivity contribution is 0.403. The first-order valence-electron chi connectivity index (χ1n) is 11.4. The molecule has 4 rings (SSSR count). The van der Waals surface area contributed by atoms with Crippen LogP contribution in [0.1, 0.15) is 102 Å². The molecular weight excluding hydrogens is 331 g/mol. The first kappa shape index (κ1) is 19.0. The van der Waals surface area contributed by atoms with Gasteiger partial charge in [-0.2, -0.15) is 0 Å². The van der Waals surface area contributed by atoms with Crippen LogP contribution in [-0.2, 0) is 0 Å². The van der Waals surface area contributed by atoms with Gasteiger partial charge in [0.2, 0.25) is 13.0 Å². The lowest BCUT2D eigenvalue weighted by atomic mass is 9.59. The maximum atomic E-state index is 6.07. The Morgan fingerprint density at radius 3 is 2.26 bits per heavy atom. The molecule has 2 aromatic rings. The third kappa shape index (κ3) is 5.15. The summed E-state index contributed by atoms with van der Waals surface area (Å²) in [5.74, 6) is 2.88. The van der Waals surface area contributed by atoms with Crippen LogP contribution in [0.2, 0.25) is 5.82 Å². The van der Waals surface area contributed by atoms with Gasteiger partial charge in [0, 0.05) is 11.6 Å². The number of hydrogen-bond acceptors (Lipinski definition) is 3. The van der Waals surface area contributed by atoms with Gasteiger partial charge in [0.25, 0.3) is 0 Å². The lowest BCUT2D eigenvalue weighted by Crippen LogP contribution is -2.21. The minimum Gasteiger partial charge on any atom is -0.433 e. The zero-order valence-electron chi connectivity index (χ0n) is 17.0. The van der Waals surface area contributed by atoms with E-state index in [1.165, 1.54) is 89.2 Å². The average molecular weight is 365 g/mol. The van der Waals surface area contributed by atoms with E-state index in [-0.39, 0.29) is 0 Å². The second-order valence-corrected chi connectivity index (χ2v) is 9.05. The van der Waals surface area contributed by atoms with E-state index in [1.54, 1.807) is 0 Å². The molecule has 0 aromatic carbocycles. The van der Waals surface area contributed by atoms with Crippen LogP contribution in [0.3, 0.4) is 0 Å². The summed E-state index contributed by atoms with van der Waals surface area (Å²) in [5.41, 5.74) is 2.86. The Bertz CT molecular complexity index is 710. The summed E-state index contributed by atoms with van der Waals surface area (Å²) in [6.07, 6.45) is 17.3. The van der Waals surface area contributed by atoms with Gasteiger partial charge in [-0.25, -0.2) is 9.97 Å². The zero-order chi connectivity index (χ0) is 18.5. The number of rotatable bonds is 3. The molecule has 0 spiro atoms. The van der Waals surface area contributed by atoms with Crippen molar-refractivity contribution in [1.29, 1.82) is 0 Å². The van der Waals surface area contributed by atoms with E-state index in [1.807, 2.05) is 0 Å². The Morgan fingerprint density at radius 2 is 1.52 bits per heavy atom. The molecule has 2 fully saturated rings. The molecule has 2 aromatic heterocycles. The number of aromatic nitrogens is 2. The number of nitrogens with zero attached hydrogens (tertiary/aromatic N) is 2. The molecule has 0 bridgehead atoms. The van der Waals surface area contributed by atoms with Crippen molar-refractivity contribution in [2.75, 3.05) is 0 Å². The molecule has 0 amide bonds. The third-order valence-electron chi connectivity index (χ3n) is 6.74. The maximum absolute atomic E-state index is 6.07. The van der Waals surface area contributed by atoms with Crippen LogP contribution in [0.4, 0.5) is 0 Å². The summed E-state index contributed by atoms with van der Waals surface area (Å²) in [7, 11) is 2.27. The number of hydrogen-bond donors (Lipinski definition) is 0. The fourth-order valence-corrected chi connectivity index (χ4v) is 5.01. The summed E-state index contributed by atoms with van der Waals surface area (Å²) in [5, 5.41) is 0. The molecule has 27 heavy (non-hydrogen) atoms. The molecular formula is C23H34BN2O. The Morgan fingerprint density at radius 1 is 0.815 bits per heavy atom. The summed E-state index contributed by atoms with van der Waals surface area (Å²) in [6, 6.07) is 4.31. The number of oxazole rings is 1. The minimum atomic E-state index is 0.597. The van der Waals surface area contributed by atoms with Gasteiger partial charge in [-0.3, -0.25) is 0 Å². The van der Waals surface area contributed by atoms with Crippen molar-refractivity contribution in [3.05, 3.63) is 17.8 Å². The monoisotopic (exact) mass is 365 g/mol. The predicted octanol–water partition coefficient (Wildman–Crippen LogP) is 6.16. The minimum absolute atomic E-state index is 0.597. The Kier molecular flexibility index (Phi) is 6.52. The average Bonchev–Trinajstić information content (AvgIpc) is 3.01. The summed E-state index contributed by atoms with van der Waals surface area (Å²) >= 11 is 0. The molecule has 0 atom stereocenters. The van der Waals surface area contributed by atoms with E-state index < -0.39 is 0 Å². The molecule has 145 valence electrons. The van der Waals surface area contributed by atoms with E-state index in [4.69, 9.17) is 14.4 Å². The second kappa shape index (κ2) is 9.25. The second-order valence-electron chi connectivity index (χ2n) is 9.05. The molecule has 0 N–H and O–H groups in total. The summed E-state index contributed by atoms with van der Waals surface area (Å²) in [4.78, 5) is 9.59. The van der Waals surface area contributed by atoms with Crippen molar-refractivity contribution >= 4 is 24.3 Å². The fourth-order valence-electron chi connectivity index (χ4n) is 5.01. The highest BCUT2D eigenvalue weighted by Gasteiger charge is 2.21. The molecule has 0 unspecified atom stereocenters. The van der Waals surface area contributed by atoms with Gasteiger partial charge >= 0.3 is 0 Å². The van der Waals surface area contributed by atoms with E-state index in [0.717, 1.165) is 22.9 Å². The largest absolute Gasteiger partial charge is 0.433 e. The SMILES string of the molecule is CC1CCCC([B]c2nc3ccc(C4CCCCCCC4)nc3o2)CCC1. The highest BCUT2D eigenvalue weighted by Crippen LogP contribution is 2.31. The van der Waals surface area contributed by atoms with Gasteiger partial charge in [0.1, 0.15) is 11.3 Å². The Hall–Kier alpha value is -1.32. The lowest BCUT2D eigenvalue weighted by Gasteiger charge is -2.20. The van der Waals surface area contributed by atoms with Crippen molar-refractivity contribution in [2.24, 2.45) is 5.92 Å². The fraction of sp³-hybridized carbons (Fsp3) is 0.739. The summed E-state index contributed by atoms with van der Waals surface area (Å²) < 4.78 is 6.07. The molecule has 2 aliphatic carbocycles. The zero-order valence-corrected chi connectivity index (χ0v) is 17.0. The van der Waals surface area contributed by atoms with E-state index in [9.17, 15) is 0 Å². The molecule has 0 saturated heterocycles. The van der Waals surface area contributed by atoms with Gasteiger partial charge in [-0.05, 0) is 30.9 Å². The first-order valence-corrected chi connectivity index (χ1v) is 11.4. The molecule has 3 nitrogen and oxygen atoms in total. The molecule has 2 saturated carbocycles. The number of fused-ring (bicyclic) bond motifs is 1. The quantitative estimate of drug-likeness (QED) is 0.612. The summed E-state index contributed by atoms with van der Waals surface area (Å²) in [6.45, 7) is 2.39. The van der Waals surface area contributed by atoms with Crippen molar-refractivity contribution in [2.45, 2.75) is 102 Å². The van der Waals surface area contributed by atoms with Gasteiger partial charge in [-0.15, -0.1) is 0 Å². The van der Waals surface area contributed by atoms with Crippen LogP contribution in [0.25, 0.3) is 11.2 Å². The van der Waals surface area contributed by atoms with Crippen molar-refractivity contribution in [1.82, 2.24) is 9.97 Å². The van der Waals surface area contributed by atoms with Gasteiger partial charge in [0.15, 0.2) is 0 Å². The standard InChI is InChI=1S/C23H34BN2O/c1-17-9-7-13-19(14-8-10-17)24-23-26-21-16-15-20(25-22(21)27-23)18-11-5-3-2-4-6-12-18/h15-19H,2-14H2,1H3. The van der Waals surface area contributed by atoms with Crippen molar-refractivity contribution in [3.63, 3.8) is 0 Å². The number of pyridine rings is 1.